The van der Waals surface area contributed by atoms with Gasteiger partial charge in [0, 0.05) is 12.8 Å². The highest BCUT2D eigenvalue weighted by molar-refractivity contribution is 5.87. The minimum absolute atomic E-state index is 0.0243. The Morgan fingerprint density at radius 3 is 2.43 bits per heavy atom. The van der Waals surface area contributed by atoms with E-state index in [2.05, 4.69) is 4.99 Å². The van der Waals surface area contributed by atoms with Crippen LogP contribution in [0.4, 0.5) is 5.69 Å². The molecule has 1 N–H and O–H groups in total. The Hall–Kier alpha value is -3.65. The van der Waals surface area contributed by atoms with Crippen LogP contribution in [0.25, 0.3) is 0 Å². The molecule has 1 heterocycles. The molecule has 0 amide bonds. The molecule has 3 rings (SSSR count). The zero-order valence-electron chi connectivity index (χ0n) is 15.9. The SMILES string of the molecule is Cc1ccc(N=Cc2c(C)c(C#N)c(=O)n(CCc3ccccc3)c2O)cc1. The van der Waals surface area contributed by atoms with Gasteiger partial charge in [-0.25, -0.2) is 0 Å². The lowest BCUT2D eigenvalue weighted by molar-refractivity contribution is 0.404. The maximum Gasteiger partial charge on any atom is 0.271 e. The number of aromatic nitrogens is 1. The molecule has 0 aliphatic heterocycles. The largest absolute Gasteiger partial charge is 0.494 e. The number of hydrogen-bond donors (Lipinski definition) is 1. The molecule has 28 heavy (non-hydrogen) atoms. The third-order valence-corrected chi connectivity index (χ3v) is 4.69. The average molecular weight is 371 g/mol. The van der Waals surface area contributed by atoms with Crippen LogP contribution in [0.5, 0.6) is 5.88 Å². The highest BCUT2D eigenvalue weighted by Crippen LogP contribution is 2.22. The molecule has 140 valence electrons. The molecule has 0 fully saturated rings. The third-order valence-electron chi connectivity index (χ3n) is 4.69. The van der Waals surface area contributed by atoms with Gasteiger partial charge >= 0.3 is 0 Å². The summed E-state index contributed by atoms with van der Waals surface area (Å²) in [7, 11) is 0. The van der Waals surface area contributed by atoms with Gasteiger partial charge in [0.2, 0.25) is 5.88 Å². The molecule has 0 saturated carbocycles. The van der Waals surface area contributed by atoms with E-state index in [1.54, 1.807) is 6.92 Å². The summed E-state index contributed by atoms with van der Waals surface area (Å²) in [6, 6.07) is 19.3. The molecule has 0 aliphatic rings. The monoisotopic (exact) mass is 371 g/mol. The van der Waals surface area contributed by atoms with E-state index in [0.29, 0.717) is 17.5 Å². The van der Waals surface area contributed by atoms with Gasteiger partial charge in [0.1, 0.15) is 11.6 Å². The van der Waals surface area contributed by atoms with Crippen LogP contribution in [0.1, 0.15) is 27.8 Å². The highest BCUT2D eigenvalue weighted by atomic mass is 16.3. The summed E-state index contributed by atoms with van der Waals surface area (Å²) in [5.74, 6) is -0.173. The van der Waals surface area contributed by atoms with E-state index >= 15 is 0 Å². The summed E-state index contributed by atoms with van der Waals surface area (Å²) in [6.45, 7) is 3.91. The Bertz CT molecular complexity index is 1110. The van der Waals surface area contributed by atoms with E-state index in [1.165, 1.54) is 10.8 Å². The van der Waals surface area contributed by atoms with Gasteiger partial charge in [-0.3, -0.25) is 14.4 Å². The first-order chi connectivity index (χ1) is 13.5. The van der Waals surface area contributed by atoms with Gasteiger partial charge in [0.05, 0.1) is 11.3 Å². The molecule has 5 heteroatoms. The predicted molar refractivity (Wildman–Crippen MR) is 110 cm³/mol. The van der Waals surface area contributed by atoms with Crippen LogP contribution in [0.3, 0.4) is 0 Å². The van der Waals surface area contributed by atoms with Gasteiger partial charge in [-0.1, -0.05) is 48.0 Å². The van der Waals surface area contributed by atoms with Crippen LogP contribution >= 0.6 is 0 Å². The number of rotatable bonds is 5. The first kappa shape index (κ1) is 19.1. The molecule has 0 saturated heterocycles. The van der Waals surface area contributed by atoms with E-state index in [0.717, 1.165) is 16.8 Å². The van der Waals surface area contributed by atoms with E-state index in [4.69, 9.17) is 0 Å². The van der Waals surface area contributed by atoms with Crippen molar-refractivity contribution in [3.05, 3.63) is 92.8 Å². The van der Waals surface area contributed by atoms with Crippen molar-refractivity contribution in [2.24, 2.45) is 4.99 Å². The average Bonchev–Trinajstić information content (AvgIpc) is 2.70. The van der Waals surface area contributed by atoms with Gasteiger partial charge < -0.3 is 5.11 Å². The zero-order chi connectivity index (χ0) is 20.1. The zero-order valence-corrected chi connectivity index (χ0v) is 15.9. The van der Waals surface area contributed by atoms with Crippen LogP contribution in [0.15, 0.2) is 64.4 Å². The number of pyridine rings is 1. The Morgan fingerprint density at radius 2 is 1.79 bits per heavy atom. The number of aliphatic imine (C=N–C) groups is 1. The predicted octanol–water partition coefficient (Wildman–Crippen LogP) is 4.04. The fourth-order valence-corrected chi connectivity index (χ4v) is 2.99. The summed E-state index contributed by atoms with van der Waals surface area (Å²) >= 11 is 0. The van der Waals surface area contributed by atoms with Crippen LogP contribution in [-0.2, 0) is 13.0 Å². The molecule has 5 nitrogen and oxygen atoms in total. The minimum atomic E-state index is -0.485. The van der Waals surface area contributed by atoms with E-state index in [9.17, 15) is 15.2 Å². The molecular weight excluding hydrogens is 350 g/mol. The molecule has 0 aliphatic carbocycles. The second kappa shape index (κ2) is 8.36. The summed E-state index contributed by atoms with van der Waals surface area (Å²) in [5, 5.41) is 20.2. The lowest BCUT2D eigenvalue weighted by atomic mass is 10.1. The summed E-state index contributed by atoms with van der Waals surface area (Å²) in [4.78, 5) is 17.1. The lowest BCUT2D eigenvalue weighted by Gasteiger charge is -2.14. The van der Waals surface area contributed by atoms with Crippen molar-refractivity contribution in [3.8, 4) is 11.9 Å². The Kier molecular flexibility index (Phi) is 5.71. The van der Waals surface area contributed by atoms with Crippen molar-refractivity contribution < 1.29 is 5.11 Å². The minimum Gasteiger partial charge on any atom is -0.494 e. The van der Waals surface area contributed by atoms with E-state index < -0.39 is 5.56 Å². The second-order valence-electron chi connectivity index (χ2n) is 6.64. The van der Waals surface area contributed by atoms with Crippen LogP contribution in [0, 0.1) is 25.2 Å². The van der Waals surface area contributed by atoms with Crippen LogP contribution in [0.2, 0.25) is 0 Å². The molecule has 0 atom stereocenters. The molecular formula is C23H21N3O2. The van der Waals surface area contributed by atoms with Crippen molar-refractivity contribution in [2.75, 3.05) is 0 Å². The fourth-order valence-electron chi connectivity index (χ4n) is 2.99. The Balaban J connectivity index is 2.01. The summed E-state index contributed by atoms with van der Waals surface area (Å²) in [5.41, 5.74) is 3.24. The molecule has 2 aromatic carbocycles. The molecule has 1 aromatic heterocycles. The molecule has 0 spiro atoms. The summed E-state index contributed by atoms with van der Waals surface area (Å²) < 4.78 is 1.25. The second-order valence-corrected chi connectivity index (χ2v) is 6.64. The van der Waals surface area contributed by atoms with E-state index in [-0.39, 0.29) is 18.0 Å². The third kappa shape index (κ3) is 4.02. The maximum atomic E-state index is 12.7. The number of aromatic hydroxyl groups is 1. The Morgan fingerprint density at radius 1 is 1.11 bits per heavy atom. The van der Waals surface area contributed by atoms with Crippen molar-refractivity contribution >= 4 is 11.9 Å². The summed E-state index contributed by atoms with van der Waals surface area (Å²) in [6.07, 6.45) is 2.07. The molecule has 0 bridgehead atoms. The molecule has 3 aromatic rings. The quantitative estimate of drug-likeness (QED) is 0.688. The normalized spacial score (nSPS) is 10.9. The van der Waals surface area contributed by atoms with Crippen LogP contribution in [-0.4, -0.2) is 15.9 Å². The van der Waals surface area contributed by atoms with E-state index in [1.807, 2.05) is 67.6 Å². The van der Waals surface area contributed by atoms with Gasteiger partial charge in [-0.15, -0.1) is 0 Å². The number of nitrogens with zero attached hydrogens (tertiary/aromatic N) is 3. The van der Waals surface area contributed by atoms with Crippen molar-refractivity contribution in [1.82, 2.24) is 4.57 Å². The Labute approximate surface area is 163 Å². The molecule has 0 radical (unpaired) electrons. The van der Waals surface area contributed by atoms with Gasteiger partial charge in [0.25, 0.3) is 5.56 Å². The highest BCUT2D eigenvalue weighted by Gasteiger charge is 2.17. The number of aryl methyl sites for hydroxylation is 2. The van der Waals surface area contributed by atoms with Crippen molar-refractivity contribution in [3.63, 3.8) is 0 Å². The first-order valence-corrected chi connectivity index (χ1v) is 9.02. The van der Waals surface area contributed by atoms with Gasteiger partial charge in [-0.2, -0.15) is 5.26 Å². The molecule has 0 unspecified atom stereocenters. The standard InChI is InChI=1S/C23H21N3O2/c1-16-8-10-19(11-9-16)25-15-21-17(2)20(14-24)22(27)26(23(21)28)13-12-18-6-4-3-5-7-18/h3-11,15,28H,12-13H2,1-2H3. The number of hydrogen-bond acceptors (Lipinski definition) is 4. The smallest absolute Gasteiger partial charge is 0.271 e. The van der Waals surface area contributed by atoms with Crippen molar-refractivity contribution in [2.45, 2.75) is 26.8 Å². The first-order valence-electron chi connectivity index (χ1n) is 9.02. The lowest BCUT2D eigenvalue weighted by Crippen LogP contribution is -2.26. The number of benzene rings is 2. The van der Waals surface area contributed by atoms with Crippen molar-refractivity contribution in [1.29, 1.82) is 5.26 Å². The number of nitriles is 1. The maximum absolute atomic E-state index is 12.7. The van der Waals surface area contributed by atoms with Gasteiger partial charge in [-0.05, 0) is 43.5 Å². The van der Waals surface area contributed by atoms with Crippen LogP contribution < -0.4 is 5.56 Å². The topological polar surface area (TPSA) is 78.4 Å². The van der Waals surface area contributed by atoms with Gasteiger partial charge in [0.15, 0.2) is 0 Å². The fraction of sp³-hybridized carbons (Fsp3) is 0.174.